The van der Waals surface area contributed by atoms with E-state index in [1.807, 2.05) is 56.3 Å². The molecule has 0 unspecified atom stereocenters. The van der Waals surface area contributed by atoms with Crippen molar-refractivity contribution in [3.8, 4) is 17.2 Å². The Morgan fingerprint density at radius 3 is 2.40 bits per heavy atom. The standard InChI is InChI=1S/C32H36N2O6/c1-5-39-27-19-23(12-14-25(27)35)29-28(31(37)32(38)34(29)17-9-16-33(3)4)30(36)24-13-15-26(21(2)18-24)40-20-22-10-7-6-8-11-22/h6-8,10-15,18-19,29,35-36H,5,9,16-17,20H2,1-4H3/t29-/m0/s1. The van der Waals surface area contributed by atoms with Crippen LogP contribution >= 0.6 is 0 Å². The number of ether oxygens (including phenoxy) is 2. The monoisotopic (exact) mass is 544 g/mol. The van der Waals surface area contributed by atoms with E-state index < -0.39 is 17.7 Å². The van der Waals surface area contributed by atoms with Gasteiger partial charge in [-0.1, -0.05) is 36.4 Å². The van der Waals surface area contributed by atoms with E-state index >= 15 is 0 Å². The molecule has 0 aromatic heterocycles. The second-order valence-electron chi connectivity index (χ2n) is 10.1. The molecule has 1 amide bonds. The van der Waals surface area contributed by atoms with Crippen molar-refractivity contribution in [2.75, 3.05) is 33.8 Å². The Hall–Kier alpha value is -4.30. The zero-order chi connectivity index (χ0) is 28.8. The average Bonchev–Trinajstić information content (AvgIpc) is 3.18. The third-order valence-electron chi connectivity index (χ3n) is 6.83. The summed E-state index contributed by atoms with van der Waals surface area (Å²) in [6.07, 6.45) is 0.638. The Morgan fingerprint density at radius 2 is 1.73 bits per heavy atom. The lowest BCUT2D eigenvalue weighted by Gasteiger charge is -2.26. The van der Waals surface area contributed by atoms with Crippen LogP contribution in [0.4, 0.5) is 0 Å². The molecule has 0 spiro atoms. The highest BCUT2D eigenvalue weighted by Gasteiger charge is 2.46. The minimum atomic E-state index is -0.837. The number of hydrogen-bond acceptors (Lipinski definition) is 7. The van der Waals surface area contributed by atoms with Crippen molar-refractivity contribution < 1.29 is 29.3 Å². The summed E-state index contributed by atoms with van der Waals surface area (Å²) in [6.45, 7) is 5.43. The molecule has 3 aromatic carbocycles. The Bertz CT molecular complexity index is 1400. The lowest BCUT2D eigenvalue weighted by atomic mass is 9.94. The number of amides is 1. The van der Waals surface area contributed by atoms with Crippen molar-refractivity contribution >= 4 is 17.4 Å². The van der Waals surface area contributed by atoms with Gasteiger partial charge in [0.2, 0.25) is 0 Å². The predicted molar refractivity (Wildman–Crippen MR) is 153 cm³/mol. The van der Waals surface area contributed by atoms with Crippen molar-refractivity contribution in [2.24, 2.45) is 0 Å². The van der Waals surface area contributed by atoms with E-state index in [-0.39, 0.29) is 22.8 Å². The number of phenolic OH excluding ortho intramolecular Hbond substituents is 1. The lowest BCUT2D eigenvalue weighted by molar-refractivity contribution is -0.139. The van der Waals surface area contributed by atoms with Gasteiger partial charge in [0.05, 0.1) is 18.2 Å². The molecular weight excluding hydrogens is 508 g/mol. The number of carbonyl (C=O) groups excluding carboxylic acids is 2. The highest BCUT2D eigenvalue weighted by Crippen LogP contribution is 2.42. The Labute approximate surface area is 235 Å². The van der Waals surface area contributed by atoms with Gasteiger partial charge < -0.3 is 29.5 Å². The number of benzene rings is 3. The first-order chi connectivity index (χ1) is 19.2. The second-order valence-corrected chi connectivity index (χ2v) is 10.1. The summed E-state index contributed by atoms with van der Waals surface area (Å²) in [7, 11) is 3.88. The third kappa shape index (κ3) is 6.29. The van der Waals surface area contributed by atoms with Gasteiger partial charge in [0, 0.05) is 12.1 Å². The maximum absolute atomic E-state index is 13.4. The molecule has 8 nitrogen and oxygen atoms in total. The van der Waals surface area contributed by atoms with Crippen LogP contribution < -0.4 is 9.47 Å². The molecule has 40 heavy (non-hydrogen) atoms. The number of phenols is 1. The molecule has 2 N–H and O–H groups in total. The van der Waals surface area contributed by atoms with Crippen LogP contribution in [0.1, 0.15) is 41.6 Å². The molecule has 0 bridgehead atoms. The first-order valence-corrected chi connectivity index (χ1v) is 13.4. The third-order valence-corrected chi connectivity index (χ3v) is 6.83. The maximum Gasteiger partial charge on any atom is 0.295 e. The van der Waals surface area contributed by atoms with Crippen molar-refractivity contribution in [1.82, 2.24) is 9.80 Å². The molecule has 3 aromatic rings. The van der Waals surface area contributed by atoms with Crippen molar-refractivity contribution in [3.05, 3.63) is 94.6 Å². The number of Topliss-reactive ketones (excluding diaryl/α,β-unsaturated/α-hetero) is 1. The summed E-state index contributed by atoms with van der Waals surface area (Å²) in [5.41, 5.74) is 2.78. The topological polar surface area (TPSA) is 99.5 Å². The number of aliphatic hydroxyl groups is 1. The number of likely N-dealkylation sites (tertiary alicyclic amines) is 1. The first kappa shape index (κ1) is 28.7. The SMILES string of the molecule is CCOc1cc([C@H]2C(=C(O)c3ccc(OCc4ccccc4)c(C)c3)C(=O)C(=O)N2CCCN(C)C)ccc1O. The molecule has 1 aliphatic rings. The highest BCUT2D eigenvalue weighted by molar-refractivity contribution is 6.46. The van der Waals surface area contributed by atoms with Crippen LogP contribution in [0.2, 0.25) is 0 Å². The van der Waals surface area contributed by atoms with E-state index in [1.165, 1.54) is 11.0 Å². The molecule has 1 atom stereocenters. The van der Waals surface area contributed by atoms with Crippen molar-refractivity contribution in [2.45, 2.75) is 32.9 Å². The van der Waals surface area contributed by atoms with Gasteiger partial charge in [0.15, 0.2) is 11.5 Å². The Morgan fingerprint density at radius 1 is 0.975 bits per heavy atom. The molecule has 1 saturated heterocycles. The molecule has 1 aliphatic heterocycles. The van der Waals surface area contributed by atoms with Crippen LogP contribution in [0.3, 0.4) is 0 Å². The van der Waals surface area contributed by atoms with Gasteiger partial charge >= 0.3 is 0 Å². The van der Waals surface area contributed by atoms with Crippen LogP contribution in [-0.4, -0.2) is 65.5 Å². The Balaban J connectivity index is 1.72. The van der Waals surface area contributed by atoms with Crippen LogP contribution in [0.25, 0.3) is 5.76 Å². The van der Waals surface area contributed by atoms with Gasteiger partial charge in [0.1, 0.15) is 18.1 Å². The zero-order valence-electron chi connectivity index (χ0n) is 23.4. The summed E-state index contributed by atoms with van der Waals surface area (Å²) in [5, 5.41) is 21.7. The first-order valence-electron chi connectivity index (χ1n) is 13.4. The fourth-order valence-electron chi connectivity index (χ4n) is 4.84. The number of rotatable bonds is 11. The van der Waals surface area contributed by atoms with E-state index in [4.69, 9.17) is 9.47 Å². The maximum atomic E-state index is 13.4. The van der Waals surface area contributed by atoms with E-state index in [9.17, 15) is 19.8 Å². The summed E-state index contributed by atoms with van der Waals surface area (Å²) in [5.74, 6) is -0.828. The average molecular weight is 545 g/mol. The van der Waals surface area contributed by atoms with Gasteiger partial charge in [-0.15, -0.1) is 0 Å². The van der Waals surface area contributed by atoms with E-state index in [0.717, 1.165) is 17.7 Å². The van der Waals surface area contributed by atoms with Gasteiger partial charge in [-0.3, -0.25) is 9.59 Å². The smallest absolute Gasteiger partial charge is 0.295 e. The normalized spacial score (nSPS) is 16.5. The molecule has 0 saturated carbocycles. The summed E-state index contributed by atoms with van der Waals surface area (Å²) < 4.78 is 11.5. The van der Waals surface area contributed by atoms with E-state index in [0.29, 0.717) is 43.1 Å². The fraction of sp³-hybridized carbons (Fsp3) is 0.312. The number of carbonyl (C=O) groups is 2. The van der Waals surface area contributed by atoms with E-state index in [1.54, 1.807) is 37.3 Å². The highest BCUT2D eigenvalue weighted by atomic mass is 16.5. The number of aryl methyl sites for hydroxylation is 1. The minimum Gasteiger partial charge on any atom is -0.507 e. The minimum absolute atomic E-state index is 0.000320. The lowest BCUT2D eigenvalue weighted by Crippen LogP contribution is -2.32. The molecular formula is C32H36N2O6. The van der Waals surface area contributed by atoms with Crippen LogP contribution in [-0.2, 0) is 16.2 Å². The molecule has 0 radical (unpaired) electrons. The van der Waals surface area contributed by atoms with Gasteiger partial charge in [-0.25, -0.2) is 0 Å². The van der Waals surface area contributed by atoms with Crippen molar-refractivity contribution in [3.63, 3.8) is 0 Å². The zero-order valence-corrected chi connectivity index (χ0v) is 23.4. The van der Waals surface area contributed by atoms with Crippen molar-refractivity contribution in [1.29, 1.82) is 0 Å². The summed E-state index contributed by atoms with van der Waals surface area (Å²) in [4.78, 5) is 30.1. The van der Waals surface area contributed by atoms with E-state index in [2.05, 4.69) is 0 Å². The van der Waals surface area contributed by atoms with Gasteiger partial charge in [0.25, 0.3) is 11.7 Å². The van der Waals surface area contributed by atoms with Gasteiger partial charge in [-0.2, -0.15) is 0 Å². The summed E-state index contributed by atoms with van der Waals surface area (Å²) >= 11 is 0. The number of ketones is 1. The molecule has 4 rings (SSSR count). The van der Waals surface area contributed by atoms with Crippen LogP contribution in [0, 0.1) is 6.92 Å². The number of hydrogen-bond donors (Lipinski definition) is 2. The van der Waals surface area contributed by atoms with Gasteiger partial charge in [-0.05, 0) is 87.9 Å². The molecule has 210 valence electrons. The number of aromatic hydroxyl groups is 1. The van der Waals surface area contributed by atoms with Crippen LogP contribution in [0.5, 0.6) is 17.2 Å². The fourth-order valence-corrected chi connectivity index (χ4v) is 4.84. The number of aliphatic hydroxyl groups excluding tert-OH is 1. The summed E-state index contributed by atoms with van der Waals surface area (Å²) in [6, 6.07) is 18.9. The Kier molecular flexibility index (Phi) is 9.11. The molecule has 1 heterocycles. The molecule has 8 heteroatoms. The van der Waals surface area contributed by atoms with Crippen LogP contribution in [0.15, 0.2) is 72.3 Å². The molecule has 0 aliphatic carbocycles. The second kappa shape index (κ2) is 12.7. The largest absolute Gasteiger partial charge is 0.507 e. The quantitative estimate of drug-likeness (QED) is 0.198. The molecule has 1 fully saturated rings. The predicted octanol–water partition coefficient (Wildman–Crippen LogP) is 5.05. The number of nitrogens with zero attached hydrogens (tertiary/aromatic N) is 2.